The molecule has 0 aromatic rings. The molecule has 1 saturated carbocycles. The van der Waals surface area contributed by atoms with Crippen LogP contribution in [-0.4, -0.2) is 34.0 Å². The Kier molecular flexibility index (Phi) is 1.98. The van der Waals surface area contributed by atoms with E-state index in [1.165, 1.54) is 0 Å². The van der Waals surface area contributed by atoms with Crippen LogP contribution in [-0.2, 0) is 9.59 Å². The minimum absolute atomic E-state index is 0.0288. The smallest absolute Gasteiger partial charge is 0.326 e. The first-order valence-corrected chi connectivity index (χ1v) is 4.74. The SMILES string of the molecule is O=C(O)C1CCCC(=O)N1C1CC1. The number of nitrogens with zero attached hydrogens (tertiary/aromatic N) is 1. The van der Waals surface area contributed by atoms with Crippen LogP contribution in [0.4, 0.5) is 0 Å². The van der Waals surface area contributed by atoms with Gasteiger partial charge in [-0.25, -0.2) is 4.79 Å². The molecule has 0 spiro atoms. The number of carboxylic acid groups (broad SMARTS) is 1. The van der Waals surface area contributed by atoms with Crippen molar-refractivity contribution in [2.24, 2.45) is 0 Å². The van der Waals surface area contributed by atoms with E-state index in [0.717, 1.165) is 19.3 Å². The predicted octanol–water partition coefficient (Wildman–Crippen LogP) is 0.615. The number of likely N-dealkylation sites (tertiary alicyclic amines) is 1. The van der Waals surface area contributed by atoms with Crippen LogP contribution in [0.2, 0.25) is 0 Å². The fourth-order valence-corrected chi connectivity index (χ4v) is 1.94. The van der Waals surface area contributed by atoms with Crippen molar-refractivity contribution in [2.45, 2.75) is 44.2 Å². The molecular weight excluding hydrogens is 170 g/mol. The molecule has 4 heteroatoms. The van der Waals surface area contributed by atoms with E-state index in [1.807, 2.05) is 0 Å². The van der Waals surface area contributed by atoms with Gasteiger partial charge < -0.3 is 10.0 Å². The van der Waals surface area contributed by atoms with Gasteiger partial charge in [0.1, 0.15) is 6.04 Å². The zero-order chi connectivity index (χ0) is 9.42. The van der Waals surface area contributed by atoms with Crippen molar-refractivity contribution in [3.8, 4) is 0 Å². The normalized spacial score (nSPS) is 29.1. The number of hydrogen-bond acceptors (Lipinski definition) is 2. The summed E-state index contributed by atoms with van der Waals surface area (Å²) in [6.45, 7) is 0. The highest BCUT2D eigenvalue weighted by Crippen LogP contribution is 2.33. The number of aliphatic carboxylic acids is 1. The second-order valence-corrected chi connectivity index (χ2v) is 3.78. The lowest BCUT2D eigenvalue weighted by molar-refractivity contribution is -0.153. The summed E-state index contributed by atoms with van der Waals surface area (Å²) in [5.41, 5.74) is 0. The minimum atomic E-state index is -0.847. The zero-order valence-corrected chi connectivity index (χ0v) is 7.40. The zero-order valence-electron chi connectivity index (χ0n) is 7.40. The van der Waals surface area contributed by atoms with Crippen molar-refractivity contribution in [1.29, 1.82) is 0 Å². The first kappa shape index (κ1) is 8.53. The summed E-state index contributed by atoms with van der Waals surface area (Å²) < 4.78 is 0. The Morgan fingerprint density at radius 2 is 2.08 bits per heavy atom. The minimum Gasteiger partial charge on any atom is -0.480 e. The summed E-state index contributed by atoms with van der Waals surface area (Å²) in [4.78, 5) is 23.9. The molecule has 2 fully saturated rings. The third-order valence-electron chi connectivity index (χ3n) is 2.72. The average Bonchev–Trinajstić information content (AvgIpc) is 2.86. The molecule has 1 unspecified atom stereocenters. The van der Waals surface area contributed by atoms with Crippen molar-refractivity contribution >= 4 is 11.9 Å². The number of hydrogen-bond donors (Lipinski definition) is 1. The first-order chi connectivity index (χ1) is 6.20. The number of carboxylic acids is 1. The molecule has 4 nitrogen and oxygen atoms in total. The highest BCUT2D eigenvalue weighted by molar-refractivity contribution is 5.85. The van der Waals surface area contributed by atoms with Gasteiger partial charge in [0, 0.05) is 12.5 Å². The predicted molar refractivity (Wildman–Crippen MR) is 45.1 cm³/mol. The molecule has 0 aromatic carbocycles. The van der Waals surface area contributed by atoms with Crippen LogP contribution in [0.3, 0.4) is 0 Å². The molecule has 1 amide bonds. The lowest BCUT2D eigenvalue weighted by atomic mass is 10.0. The van der Waals surface area contributed by atoms with E-state index in [1.54, 1.807) is 4.90 Å². The van der Waals surface area contributed by atoms with E-state index in [4.69, 9.17) is 5.11 Å². The number of amides is 1. The van der Waals surface area contributed by atoms with Gasteiger partial charge in [-0.05, 0) is 25.7 Å². The number of piperidine rings is 1. The van der Waals surface area contributed by atoms with Crippen LogP contribution in [0.15, 0.2) is 0 Å². The van der Waals surface area contributed by atoms with E-state index >= 15 is 0 Å². The van der Waals surface area contributed by atoms with Gasteiger partial charge in [0.2, 0.25) is 5.91 Å². The topological polar surface area (TPSA) is 57.6 Å². The molecule has 1 N–H and O–H groups in total. The van der Waals surface area contributed by atoms with Gasteiger partial charge in [0.15, 0.2) is 0 Å². The summed E-state index contributed by atoms with van der Waals surface area (Å²) in [6.07, 6.45) is 3.84. The fraction of sp³-hybridized carbons (Fsp3) is 0.778. The lowest BCUT2D eigenvalue weighted by Crippen LogP contribution is -2.49. The van der Waals surface area contributed by atoms with Crippen molar-refractivity contribution < 1.29 is 14.7 Å². The molecule has 0 radical (unpaired) electrons. The summed E-state index contributed by atoms with van der Waals surface area (Å²) in [5, 5.41) is 8.91. The third kappa shape index (κ3) is 1.53. The number of rotatable bonds is 2. The Hall–Kier alpha value is -1.06. The molecule has 1 aliphatic heterocycles. The van der Waals surface area contributed by atoms with E-state index < -0.39 is 12.0 Å². The average molecular weight is 183 g/mol. The quantitative estimate of drug-likeness (QED) is 0.682. The van der Waals surface area contributed by atoms with Crippen molar-refractivity contribution in [3.63, 3.8) is 0 Å². The summed E-state index contributed by atoms with van der Waals surface area (Å²) in [5.74, 6) is -0.818. The van der Waals surface area contributed by atoms with Crippen LogP contribution in [0, 0.1) is 0 Å². The molecule has 2 rings (SSSR count). The molecule has 1 saturated heterocycles. The lowest BCUT2D eigenvalue weighted by Gasteiger charge is -2.32. The van der Waals surface area contributed by atoms with Crippen molar-refractivity contribution in [2.75, 3.05) is 0 Å². The fourth-order valence-electron chi connectivity index (χ4n) is 1.94. The van der Waals surface area contributed by atoms with Gasteiger partial charge >= 0.3 is 5.97 Å². The molecular formula is C9H13NO3. The highest BCUT2D eigenvalue weighted by Gasteiger charge is 2.42. The van der Waals surface area contributed by atoms with Crippen LogP contribution in [0.25, 0.3) is 0 Å². The van der Waals surface area contributed by atoms with E-state index in [-0.39, 0.29) is 11.9 Å². The van der Waals surface area contributed by atoms with Crippen LogP contribution >= 0.6 is 0 Å². The Morgan fingerprint density at radius 1 is 1.38 bits per heavy atom. The molecule has 0 bridgehead atoms. The Morgan fingerprint density at radius 3 is 2.62 bits per heavy atom. The van der Waals surface area contributed by atoms with Gasteiger partial charge in [-0.1, -0.05) is 0 Å². The molecule has 0 aromatic heterocycles. The molecule has 13 heavy (non-hydrogen) atoms. The van der Waals surface area contributed by atoms with Gasteiger partial charge in [-0.15, -0.1) is 0 Å². The van der Waals surface area contributed by atoms with Crippen molar-refractivity contribution in [3.05, 3.63) is 0 Å². The van der Waals surface area contributed by atoms with Crippen LogP contribution in [0.1, 0.15) is 32.1 Å². The summed E-state index contributed by atoms with van der Waals surface area (Å²) >= 11 is 0. The molecule has 1 aliphatic carbocycles. The van der Waals surface area contributed by atoms with Gasteiger partial charge in [0.25, 0.3) is 0 Å². The van der Waals surface area contributed by atoms with E-state index in [2.05, 4.69) is 0 Å². The maximum Gasteiger partial charge on any atom is 0.326 e. The molecule has 72 valence electrons. The maximum atomic E-state index is 11.5. The second kappa shape index (κ2) is 3.01. The standard InChI is InChI=1S/C9H13NO3/c11-8-3-1-2-7(9(12)13)10(8)6-4-5-6/h6-7H,1-5H2,(H,12,13). The van der Waals surface area contributed by atoms with E-state index in [9.17, 15) is 9.59 Å². The maximum absolute atomic E-state index is 11.5. The first-order valence-electron chi connectivity index (χ1n) is 4.74. The molecule has 2 aliphatic rings. The Balaban J connectivity index is 2.13. The van der Waals surface area contributed by atoms with Crippen LogP contribution in [0.5, 0.6) is 0 Å². The Bertz CT molecular complexity index is 247. The highest BCUT2D eigenvalue weighted by atomic mass is 16.4. The monoisotopic (exact) mass is 183 g/mol. The largest absolute Gasteiger partial charge is 0.480 e. The summed E-state index contributed by atoms with van der Waals surface area (Å²) in [7, 11) is 0. The van der Waals surface area contributed by atoms with Crippen molar-refractivity contribution in [1.82, 2.24) is 4.90 Å². The Labute approximate surface area is 76.5 Å². The summed E-state index contributed by atoms with van der Waals surface area (Å²) in [6, 6.07) is -0.317. The van der Waals surface area contributed by atoms with Gasteiger partial charge in [0.05, 0.1) is 0 Å². The van der Waals surface area contributed by atoms with Gasteiger partial charge in [-0.3, -0.25) is 4.79 Å². The number of carbonyl (C=O) groups excluding carboxylic acids is 1. The van der Waals surface area contributed by atoms with Gasteiger partial charge in [-0.2, -0.15) is 0 Å². The van der Waals surface area contributed by atoms with E-state index in [0.29, 0.717) is 12.8 Å². The number of carbonyl (C=O) groups is 2. The molecule has 1 atom stereocenters. The van der Waals surface area contributed by atoms with Crippen LogP contribution < -0.4 is 0 Å². The second-order valence-electron chi connectivity index (χ2n) is 3.78. The third-order valence-corrected chi connectivity index (χ3v) is 2.72. The molecule has 1 heterocycles.